The zero-order valence-electron chi connectivity index (χ0n) is 17.6. The van der Waals surface area contributed by atoms with E-state index in [9.17, 15) is 4.79 Å². The molecule has 0 bridgehead atoms. The highest BCUT2D eigenvalue weighted by atomic mass is 16.2. The second-order valence-electron chi connectivity index (χ2n) is 7.82. The summed E-state index contributed by atoms with van der Waals surface area (Å²) in [5.41, 5.74) is 3.23. The van der Waals surface area contributed by atoms with Crippen molar-refractivity contribution in [2.75, 3.05) is 45.2 Å². The SMILES string of the molecule is CN(C)c1ncccc1C(=O)N1CCN(C(c2ccccc2)c2ccccc2)CC1. The Labute approximate surface area is 178 Å². The van der Waals surface area contributed by atoms with E-state index in [4.69, 9.17) is 0 Å². The number of benzene rings is 2. The maximum Gasteiger partial charge on any atom is 0.257 e. The van der Waals surface area contributed by atoms with Crippen molar-refractivity contribution in [3.63, 3.8) is 0 Å². The number of pyridine rings is 1. The van der Waals surface area contributed by atoms with Gasteiger partial charge in [-0.1, -0.05) is 60.7 Å². The number of carbonyl (C=O) groups excluding carboxylic acids is 1. The Balaban J connectivity index is 1.52. The third kappa shape index (κ3) is 4.21. The van der Waals surface area contributed by atoms with Crippen LogP contribution >= 0.6 is 0 Å². The molecule has 0 unspecified atom stereocenters. The maximum absolute atomic E-state index is 13.2. The molecule has 0 radical (unpaired) electrons. The van der Waals surface area contributed by atoms with Gasteiger partial charge >= 0.3 is 0 Å². The van der Waals surface area contributed by atoms with Crippen molar-refractivity contribution in [2.24, 2.45) is 0 Å². The van der Waals surface area contributed by atoms with Crippen LogP contribution in [0.15, 0.2) is 79.0 Å². The van der Waals surface area contributed by atoms with E-state index in [0.29, 0.717) is 18.7 Å². The molecule has 5 nitrogen and oxygen atoms in total. The van der Waals surface area contributed by atoms with Gasteiger partial charge in [-0.3, -0.25) is 9.69 Å². The Morgan fingerprint density at radius 2 is 1.40 bits per heavy atom. The van der Waals surface area contributed by atoms with E-state index in [0.717, 1.165) is 18.9 Å². The molecule has 2 aromatic carbocycles. The van der Waals surface area contributed by atoms with E-state index in [1.807, 2.05) is 36.0 Å². The van der Waals surface area contributed by atoms with Gasteiger partial charge in [-0.2, -0.15) is 0 Å². The average molecular weight is 401 g/mol. The van der Waals surface area contributed by atoms with E-state index < -0.39 is 0 Å². The Hall–Kier alpha value is -3.18. The summed E-state index contributed by atoms with van der Waals surface area (Å²) in [4.78, 5) is 23.9. The van der Waals surface area contributed by atoms with Crippen LogP contribution in [0.2, 0.25) is 0 Å². The van der Waals surface area contributed by atoms with Crippen molar-refractivity contribution < 1.29 is 4.79 Å². The van der Waals surface area contributed by atoms with Crippen LogP contribution in [0.3, 0.4) is 0 Å². The highest BCUT2D eigenvalue weighted by Gasteiger charge is 2.29. The van der Waals surface area contributed by atoms with Gasteiger partial charge in [0.15, 0.2) is 0 Å². The Morgan fingerprint density at radius 1 is 0.833 bits per heavy atom. The smallest absolute Gasteiger partial charge is 0.257 e. The van der Waals surface area contributed by atoms with Crippen LogP contribution in [0.4, 0.5) is 5.82 Å². The fraction of sp³-hybridized carbons (Fsp3) is 0.280. The number of aromatic nitrogens is 1. The molecule has 1 aliphatic rings. The highest BCUT2D eigenvalue weighted by Crippen LogP contribution is 2.30. The normalized spacial score (nSPS) is 14.7. The first kappa shape index (κ1) is 20.1. The summed E-state index contributed by atoms with van der Waals surface area (Å²) in [6.07, 6.45) is 1.73. The highest BCUT2D eigenvalue weighted by molar-refractivity contribution is 5.98. The van der Waals surface area contributed by atoms with Crippen molar-refractivity contribution in [3.8, 4) is 0 Å². The summed E-state index contributed by atoms with van der Waals surface area (Å²) < 4.78 is 0. The minimum Gasteiger partial charge on any atom is -0.362 e. The fourth-order valence-corrected chi connectivity index (χ4v) is 4.16. The molecule has 4 rings (SSSR count). The molecule has 0 spiro atoms. The predicted molar refractivity (Wildman–Crippen MR) is 121 cm³/mol. The molecule has 0 atom stereocenters. The van der Waals surface area contributed by atoms with Crippen LogP contribution < -0.4 is 4.90 Å². The molecule has 1 aromatic heterocycles. The molecule has 1 saturated heterocycles. The molecule has 0 aliphatic carbocycles. The number of rotatable bonds is 5. The molecule has 2 heterocycles. The summed E-state index contributed by atoms with van der Waals surface area (Å²) in [5.74, 6) is 0.777. The summed E-state index contributed by atoms with van der Waals surface area (Å²) in [5, 5.41) is 0. The van der Waals surface area contributed by atoms with Crippen LogP contribution in [0, 0.1) is 0 Å². The average Bonchev–Trinajstić information content (AvgIpc) is 2.81. The quantitative estimate of drug-likeness (QED) is 0.655. The van der Waals surface area contributed by atoms with Gasteiger partial charge in [-0.05, 0) is 23.3 Å². The van der Waals surface area contributed by atoms with E-state index in [2.05, 4.69) is 70.5 Å². The summed E-state index contributed by atoms with van der Waals surface area (Å²) >= 11 is 0. The van der Waals surface area contributed by atoms with Crippen LogP contribution in [0.25, 0.3) is 0 Å². The first-order chi connectivity index (χ1) is 14.6. The lowest BCUT2D eigenvalue weighted by Crippen LogP contribution is -2.50. The summed E-state index contributed by atoms with van der Waals surface area (Å²) in [7, 11) is 3.84. The van der Waals surface area contributed by atoms with E-state index in [-0.39, 0.29) is 11.9 Å². The van der Waals surface area contributed by atoms with Gasteiger partial charge in [-0.25, -0.2) is 4.98 Å². The van der Waals surface area contributed by atoms with Crippen LogP contribution in [-0.2, 0) is 0 Å². The zero-order chi connectivity index (χ0) is 20.9. The number of nitrogens with zero attached hydrogens (tertiary/aromatic N) is 4. The second-order valence-corrected chi connectivity index (χ2v) is 7.82. The van der Waals surface area contributed by atoms with Crippen molar-refractivity contribution in [3.05, 3.63) is 95.7 Å². The monoisotopic (exact) mass is 400 g/mol. The third-order valence-corrected chi connectivity index (χ3v) is 5.64. The minimum absolute atomic E-state index is 0.0578. The van der Waals surface area contributed by atoms with Crippen molar-refractivity contribution >= 4 is 11.7 Å². The lowest BCUT2D eigenvalue weighted by molar-refractivity contribution is 0.0597. The van der Waals surface area contributed by atoms with Crippen LogP contribution in [-0.4, -0.2) is 61.0 Å². The first-order valence-electron chi connectivity index (χ1n) is 10.4. The van der Waals surface area contributed by atoms with Crippen molar-refractivity contribution in [2.45, 2.75) is 6.04 Å². The molecule has 1 amide bonds. The minimum atomic E-state index is 0.0578. The molecule has 3 aromatic rings. The Morgan fingerprint density at radius 3 is 1.93 bits per heavy atom. The van der Waals surface area contributed by atoms with E-state index in [1.165, 1.54) is 11.1 Å². The first-order valence-corrected chi connectivity index (χ1v) is 10.4. The largest absolute Gasteiger partial charge is 0.362 e. The standard InChI is InChI=1S/C25H28N4O/c1-27(2)24-22(14-9-15-26-24)25(30)29-18-16-28(17-19-29)23(20-10-5-3-6-11-20)21-12-7-4-8-13-21/h3-15,23H,16-19H2,1-2H3. The molecule has 30 heavy (non-hydrogen) atoms. The van der Waals surface area contributed by atoms with Crippen LogP contribution in [0.5, 0.6) is 0 Å². The fourth-order valence-electron chi connectivity index (χ4n) is 4.16. The molecule has 1 fully saturated rings. The molecular formula is C25H28N4O. The van der Waals surface area contributed by atoms with Gasteiger partial charge in [0.05, 0.1) is 11.6 Å². The van der Waals surface area contributed by atoms with Crippen LogP contribution in [0.1, 0.15) is 27.5 Å². The lowest BCUT2D eigenvalue weighted by atomic mass is 9.96. The van der Waals surface area contributed by atoms with Gasteiger partial charge in [-0.15, -0.1) is 0 Å². The summed E-state index contributed by atoms with van der Waals surface area (Å²) in [6, 6.07) is 25.1. The van der Waals surface area contributed by atoms with Gasteiger partial charge in [0, 0.05) is 46.5 Å². The number of hydrogen-bond donors (Lipinski definition) is 0. The van der Waals surface area contributed by atoms with Crippen molar-refractivity contribution in [1.82, 2.24) is 14.8 Å². The number of hydrogen-bond acceptors (Lipinski definition) is 4. The molecule has 0 N–H and O–H groups in total. The second kappa shape index (κ2) is 9.09. The summed E-state index contributed by atoms with van der Waals surface area (Å²) in [6.45, 7) is 3.07. The topological polar surface area (TPSA) is 39.7 Å². The number of piperazine rings is 1. The lowest BCUT2D eigenvalue weighted by Gasteiger charge is -2.40. The maximum atomic E-state index is 13.2. The molecular weight excluding hydrogens is 372 g/mol. The Kier molecular flexibility index (Phi) is 6.10. The van der Waals surface area contributed by atoms with Gasteiger partial charge < -0.3 is 9.80 Å². The number of carbonyl (C=O) groups is 1. The Bertz CT molecular complexity index is 927. The number of anilines is 1. The van der Waals surface area contributed by atoms with E-state index in [1.54, 1.807) is 6.20 Å². The van der Waals surface area contributed by atoms with Crippen molar-refractivity contribution in [1.29, 1.82) is 0 Å². The molecule has 5 heteroatoms. The van der Waals surface area contributed by atoms with Gasteiger partial charge in [0.25, 0.3) is 5.91 Å². The molecule has 0 saturated carbocycles. The molecule has 154 valence electrons. The molecule has 1 aliphatic heterocycles. The predicted octanol–water partition coefficient (Wildman–Crippen LogP) is 3.70. The number of amides is 1. The third-order valence-electron chi connectivity index (χ3n) is 5.64. The van der Waals surface area contributed by atoms with Gasteiger partial charge in [0.1, 0.15) is 5.82 Å². The zero-order valence-corrected chi connectivity index (χ0v) is 17.6. The van der Waals surface area contributed by atoms with E-state index >= 15 is 0 Å². The van der Waals surface area contributed by atoms with Gasteiger partial charge in [0.2, 0.25) is 0 Å².